The summed E-state index contributed by atoms with van der Waals surface area (Å²) >= 11 is 0. The minimum atomic E-state index is -0.375. The zero-order chi connectivity index (χ0) is 18.5. The standard InChI is InChI=1S/C20H25N3O3/c1-3-26-19(24)18-14(2)21-20(25)22-17(18)13-23-11-9-16(10-12-23)15-7-5-4-6-8-15/h4-9,14H,3,10-13H2,1-2H3,(H2,21,22,25)/t14-/m1/s1. The first-order chi connectivity index (χ1) is 12.6. The van der Waals surface area contributed by atoms with E-state index in [0.717, 1.165) is 19.5 Å². The lowest BCUT2D eigenvalue weighted by Gasteiger charge is -2.32. The number of nitrogens with zero attached hydrogens (tertiary/aromatic N) is 1. The van der Waals surface area contributed by atoms with Gasteiger partial charge in [-0.2, -0.15) is 0 Å². The Morgan fingerprint density at radius 1 is 1.31 bits per heavy atom. The van der Waals surface area contributed by atoms with E-state index in [1.165, 1.54) is 11.1 Å². The molecule has 0 fully saturated rings. The summed E-state index contributed by atoms with van der Waals surface area (Å²) in [6.07, 6.45) is 3.16. The summed E-state index contributed by atoms with van der Waals surface area (Å²) in [5, 5.41) is 5.52. The van der Waals surface area contributed by atoms with Crippen molar-refractivity contribution >= 4 is 17.6 Å². The highest BCUT2D eigenvalue weighted by atomic mass is 16.5. The Labute approximate surface area is 153 Å². The van der Waals surface area contributed by atoms with Crippen molar-refractivity contribution in [3.63, 3.8) is 0 Å². The molecule has 1 aromatic rings. The van der Waals surface area contributed by atoms with Crippen LogP contribution in [0, 0.1) is 0 Å². The SMILES string of the molecule is CCOC(=O)C1=C(CN2CC=C(c3ccccc3)CC2)NC(=O)N[C@@H]1C. The van der Waals surface area contributed by atoms with Gasteiger partial charge in [-0.1, -0.05) is 36.4 Å². The van der Waals surface area contributed by atoms with Gasteiger partial charge in [-0.05, 0) is 31.4 Å². The first-order valence-electron chi connectivity index (χ1n) is 9.03. The summed E-state index contributed by atoms with van der Waals surface area (Å²) in [6.45, 7) is 6.06. The molecule has 6 heteroatoms. The highest BCUT2D eigenvalue weighted by molar-refractivity contribution is 5.94. The molecule has 0 aliphatic carbocycles. The topological polar surface area (TPSA) is 70.7 Å². The van der Waals surface area contributed by atoms with Crippen molar-refractivity contribution in [1.29, 1.82) is 0 Å². The van der Waals surface area contributed by atoms with Crippen molar-refractivity contribution in [2.45, 2.75) is 26.3 Å². The molecule has 138 valence electrons. The third-order valence-corrected chi connectivity index (χ3v) is 4.69. The van der Waals surface area contributed by atoms with Crippen LogP contribution >= 0.6 is 0 Å². The molecular weight excluding hydrogens is 330 g/mol. The molecule has 2 N–H and O–H groups in total. The monoisotopic (exact) mass is 355 g/mol. The predicted molar refractivity (Wildman–Crippen MR) is 100 cm³/mol. The van der Waals surface area contributed by atoms with Gasteiger partial charge >= 0.3 is 12.0 Å². The van der Waals surface area contributed by atoms with Gasteiger partial charge in [-0.25, -0.2) is 9.59 Å². The zero-order valence-corrected chi connectivity index (χ0v) is 15.2. The van der Waals surface area contributed by atoms with Gasteiger partial charge < -0.3 is 15.4 Å². The first kappa shape index (κ1) is 18.2. The number of carbonyl (C=O) groups is 2. The Bertz CT molecular complexity index is 740. The fourth-order valence-corrected chi connectivity index (χ4v) is 3.40. The number of nitrogens with one attached hydrogen (secondary N) is 2. The third-order valence-electron chi connectivity index (χ3n) is 4.69. The molecule has 2 heterocycles. The molecular formula is C20H25N3O3. The number of esters is 1. The Morgan fingerprint density at radius 2 is 2.08 bits per heavy atom. The lowest BCUT2D eigenvalue weighted by molar-refractivity contribution is -0.139. The smallest absolute Gasteiger partial charge is 0.337 e. The number of carbonyl (C=O) groups excluding carboxylic acids is 2. The van der Waals surface area contributed by atoms with Crippen LogP contribution in [0.25, 0.3) is 5.57 Å². The molecule has 0 unspecified atom stereocenters. The molecule has 0 saturated heterocycles. The van der Waals surface area contributed by atoms with Crippen molar-refractivity contribution in [1.82, 2.24) is 15.5 Å². The normalized spacial score (nSPS) is 20.9. The van der Waals surface area contributed by atoms with E-state index in [1.807, 2.05) is 18.2 Å². The number of rotatable bonds is 5. The Balaban J connectivity index is 1.74. The molecule has 0 radical (unpaired) electrons. The average molecular weight is 355 g/mol. The lowest BCUT2D eigenvalue weighted by Crippen LogP contribution is -2.51. The second-order valence-electron chi connectivity index (χ2n) is 6.51. The molecule has 0 saturated carbocycles. The van der Waals surface area contributed by atoms with E-state index < -0.39 is 0 Å². The summed E-state index contributed by atoms with van der Waals surface area (Å²) < 4.78 is 5.16. The second-order valence-corrected chi connectivity index (χ2v) is 6.51. The van der Waals surface area contributed by atoms with Crippen LogP contribution in [0.3, 0.4) is 0 Å². The second kappa shape index (κ2) is 8.19. The van der Waals surface area contributed by atoms with Gasteiger partial charge in [-0.3, -0.25) is 4.90 Å². The van der Waals surface area contributed by atoms with E-state index >= 15 is 0 Å². The van der Waals surface area contributed by atoms with Crippen molar-refractivity contribution in [2.75, 3.05) is 26.2 Å². The molecule has 0 aromatic heterocycles. The molecule has 0 bridgehead atoms. The molecule has 26 heavy (non-hydrogen) atoms. The van der Waals surface area contributed by atoms with Crippen LogP contribution in [0.5, 0.6) is 0 Å². The summed E-state index contributed by atoms with van der Waals surface area (Å²) in [6, 6.07) is 9.71. The van der Waals surface area contributed by atoms with Gasteiger partial charge in [0.05, 0.1) is 18.2 Å². The Hall–Kier alpha value is -2.60. The number of urea groups is 1. The minimum Gasteiger partial charge on any atom is -0.463 e. The maximum atomic E-state index is 12.3. The highest BCUT2D eigenvalue weighted by Gasteiger charge is 2.30. The molecule has 0 spiro atoms. The van der Waals surface area contributed by atoms with Gasteiger partial charge in [-0.15, -0.1) is 0 Å². The number of amides is 2. The van der Waals surface area contributed by atoms with Crippen molar-refractivity contribution in [2.24, 2.45) is 0 Å². The van der Waals surface area contributed by atoms with Crippen LogP contribution in [0.15, 0.2) is 47.7 Å². The van der Waals surface area contributed by atoms with E-state index in [-0.39, 0.29) is 18.0 Å². The highest BCUT2D eigenvalue weighted by Crippen LogP contribution is 2.23. The number of hydrogen-bond donors (Lipinski definition) is 2. The number of ether oxygens (including phenoxy) is 1. The fraction of sp³-hybridized carbons (Fsp3) is 0.400. The quantitative estimate of drug-likeness (QED) is 0.795. The van der Waals surface area contributed by atoms with E-state index in [9.17, 15) is 9.59 Å². The summed E-state index contributed by atoms with van der Waals surface area (Å²) in [5.74, 6) is -0.375. The van der Waals surface area contributed by atoms with Crippen molar-refractivity contribution in [3.8, 4) is 0 Å². The van der Waals surface area contributed by atoms with Crippen LogP contribution in [-0.2, 0) is 9.53 Å². The fourth-order valence-electron chi connectivity index (χ4n) is 3.40. The van der Waals surface area contributed by atoms with Gasteiger partial charge in [0.1, 0.15) is 0 Å². The molecule has 1 atom stereocenters. The van der Waals surface area contributed by atoms with Crippen molar-refractivity contribution in [3.05, 3.63) is 53.2 Å². The summed E-state index contributed by atoms with van der Waals surface area (Å²) in [4.78, 5) is 26.4. The van der Waals surface area contributed by atoms with Crippen LogP contribution in [0.1, 0.15) is 25.8 Å². The van der Waals surface area contributed by atoms with E-state index in [2.05, 4.69) is 33.7 Å². The Morgan fingerprint density at radius 3 is 2.73 bits per heavy atom. The van der Waals surface area contributed by atoms with Gasteiger partial charge in [0.25, 0.3) is 0 Å². The number of benzene rings is 1. The lowest BCUT2D eigenvalue weighted by atomic mass is 9.99. The maximum absolute atomic E-state index is 12.3. The van der Waals surface area contributed by atoms with Crippen LogP contribution in [-0.4, -0.2) is 49.2 Å². The van der Waals surface area contributed by atoms with Crippen LogP contribution in [0.4, 0.5) is 4.79 Å². The van der Waals surface area contributed by atoms with E-state index in [1.54, 1.807) is 13.8 Å². The molecule has 2 aliphatic heterocycles. The van der Waals surface area contributed by atoms with Gasteiger partial charge in [0.15, 0.2) is 0 Å². The van der Waals surface area contributed by atoms with Crippen molar-refractivity contribution < 1.29 is 14.3 Å². The molecule has 6 nitrogen and oxygen atoms in total. The van der Waals surface area contributed by atoms with Crippen LogP contribution in [0.2, 0.25) is 0 Å². The summed E-state index contributed by atoms with van der Waals surface area (Å²) in [5.41, 5.74) is 3.73. The molecule has 2 aliphatic rings. The molecule has 1 aromatic carbocycles. The number of hydrogen-bond acceptors (Lipinski definition) is 4. The Kier molecular flexibility index (Phi) is 5.73. The first-order valence-corrected chi connectivity index (χ1v) is 9.03. The van der Waals surface area contributed by atoms with Gasteiger partial charge in [0, 0.05) is 25.3 Å². The molecule has 3 rings (SSSR count). The third kappa shape index (κ3) is 4.14. The average Bonchev–Trinajstić information content (AvgIpc) is 2.63. The van der Waals surface area contributed by atoms with E-state index in [0.29, 0.717) is 24.4 Å². The van der Waals surface area contributed by atoms with Gasteiger partial charge in [0.2, 0.25) is 0 Å². The largest absolute Gasteiger partial charge is 0.463 e. The maximum Gasteiger partial charge on any atom is 0.337 e. The predicted octanol–water partition coefficient (Wildman–Crippen LogP) is 2.29. The molecule has 2 amide bonds. The van der Waals surface area contributed by atoms with E-state index in [4.69, 9.17) is 4.74 Å². The van der Waals surface area contributed by atoms with Crippen LogP contribution < -0.4 is 10.6 Å². The summed E-state index contributed by atoms with van der Waals surface area (Å²) in [7, 11) is 0. The zero-order valence-electron chi connectivity index (χ0n) is 15.2. The minimum absolute atomic E-state index is 0.280.